The molecule has 5 rings (SSSR count). The maximum atomic E-state index is 9.35. The Morgan fingerprint density at radius 1 is 1.16 bits per heavy atom. The van der Waals surface area contributed by atoms with E-state index in [1.54, 1.807) is 10.9 Å². The molecule has 0 radical (unpaired) electrons. The Labute approximate surface area is 184 Å². The van der Waals surface area contributed by atoms with E-state index in [1.807, 2.05) is 55.3 Å². The average Bonchev–Trinajstić information content (AvgIpc) is 3.42. The highest BCUT2D eigenvalue weighted by atomic mass is 15.3. The van der Waals surface area contributed by atoms with Gasteiger partial charge in [-0.2, -0.15) is 20.7 Å². The summed E-state index contributed by atoms with van der Waals surface area (Å²) in [6.07, 6.45) is 5.23. The van der Waals surface area contributed by atoms with Crippen LogP contribution in [0, 0.1) is 28.6 Å². The van der Waals surface area contributed by atoms with Crippen LogP contribution in [-0.4, -0.2) is 36.6 Å². The molecule has 0 aromatic carbocycles. The summed E-state index contributed by atoms with van der Waals surface area (Å²) in [7, 11) is 3.72. The van der Waals surface area contributed by atoms with Gasteiger partial charge in [0.25, 0.3) is 0 Å². The topological polar surface area (TPSA) is 121 Å². The normalized spacial score (nSPS) is 19.8. The van der Waals surface area contributed by atoms with Crippen LogP contribution in [0.3, 0.4) is 0 Å². The Kier molecular flexibility index (Phi) is 4.60. The first-order valence-corrected chi connectivity index (χ1v) is 10.4. The van der Waals surface area contributed by atoms with Gasteiger partial charge in [0, 0.05) is 37.9 Å². The van der Waals surface area contributed by atoms with Crippen molar-refractivity contribution in [3.05, 3.63) is 42.7 Å². The van der Waals surface area contributed by atoms with Gasteiger partial charge in [0.05, 0.1) is 41.2 Å². The van der Waals surface area contributed by atoms with Crippen molar-refractivity contribution in [3.63, 3.8) is 0 Å². The molecule has 1 aliphatic rings. The second kappa shape index (κ2) is 7.47. The molecule has 0 aliphatic heterocycles. The van der Waals surface area contributed by atoms with Crippen LogP contribution in [0.2, 0.25) is 0 Å². The number of hydrogen-bond donors (Lipinski definition) is 1. The van der Waals surface area contributed by atoms with E-state index in [2.05, 4.69) is 27.5 Å². The Morgan fingerprint density at radius 2 is 2.00 bits per heavy atom. The highest BCUT2D eigenvalue weighted by molar-refractivity contribution is 5.93. The minimum atomic E-state index is -0.429. The first-order valence-electron chi connectivity index (χ1n) is 10.4. The van der Waals surface area contributed by atoms with E-state index < -0.39 is 5.54 Å². The number of anilines is 1. The van der Waals surface area contributed by atoms with E-state index in [0.717, 1.165) is 22.4 Å². The van der Waals surface area contributed by atoms with E-state index in [4.69, 9.17) is 10.1 Å². The third-order valence-electron chi connectivity index (χ3n) is 6.16. The summed E-state index contributed by atoms with van der Waals surface area (Å²) >= 11 is 0. The number of aryl methyl sites for hydroxylation is 1. The van der Waals surface area contributed by atoms with Crippen molar-refractivity contribution < 1.29 is 0 Å². The summed E-state index contributed by atoms with van der Waals surface area (Å²) in [5.41, 5.74) is 3.23. The van der Waals surface area contributed by atoms with Crippen molar-refractivity contribution in [2.45, 2.75) is 24.8 Å². The second-order valence-corrected chi connectivity index (χ2v) is 8.15. The van der Waals surface area contributed by atoms with Gasteiger partial charge in [0.1, 0.15) is 22.9 Å². The fraction of sp³-hybridized carbons (Fsp3) is 0.304. The molecule has 9 nitrogen and oxygen atoms in total. The van der Waals surface area contributed by atoms with E-state index in [0.29, 0.717) is 36.3 Å². The highest BCUT2D eigenvalue weighted by Gasteiger charge is 2.46. The summed E-state index contributed by atoms with van der Waals surface area (Å²) in [6, 6.07) is 14.2. The molecule has 4 heterocycles. The third kappa shape index (κ3) is 3.07. The molecule has 0 saturated heterocycles. The van der Waals surface area contributed by atoms with Crippen molar-refractivity contribution in [1.29, 1.82) is 10.5 Å². The number of nitriles is 2. The van der Waals surface area contributed by atoms with Crippen molar-refractivity contribution in [1.82, 2.24) is 29.5 Å². The Hall–Kier alpha value is -4.24. The lowest BCUT2D eigenvalue weighted by molar-refractivity contribution is 0.0884. The molecular formula is C23H21N9. The molecule has 0 atom stereocenters. The average molecular weight is 423 g/mol. The lowest BCUT2D eigenvalue weighted by Crippen LogP contribution is -2.46. The van der Waals surface area contributed by atoms with Gasteiger partial charge in [-0.3, -0.25) is 14.3 Å². The first kappa shape index (κ1) is 19.7. The molecule has 0 amide bonds. The molecule has 1 fully saturated rings. The molecule has 0 bridgehead atoms. The number of hydrogen-bond acceptors (Lipinski definition) is 7. The van der Waals surface area contributed by atoms with Crippen molar-refractivity contribution in [2.24, 2.45) is 13.0 Å². The minimum Gasteiger partial charge on any atom is -0.373 e. The summed E-state index contributed by atoms with van der Waals surface area (Å²) in [5.74, 6) is 0.845. The molecule has 158 valence electrons. The minimum absolute atomic E-state index is 0.0343. The standard InChI is InChI=1S/C23H21N9/c1-26-21-11-20(29-31(21)2)19-10-18-16(4-3-8-27-18)22(28-19)17-5-9-32(30-17)23(6-7-24)12-15(13-23)14-25/h3-5,8-11,15,26H,6,12-13H2,1-2H3/t15-,23+. The highest BCUT2D eigenvalue weighted by Crippen LogP contribution is 2.46. The van der Waals surface area contributed by atoms with Gasteiger partial charge in [-0.15, -0.1) is 0 Å². The predicted molar refractivity (Wildman–Crippen MR) is 119 cm³/mol. The molecule has 32 heavy (non-hydrogen) atoms. The Bertz CT molecular complexity index is 1390. The van der Waals surface area contributed by atoms with Gasteiger partial charge in [-0.25, -0.2) is 4.98 Å². The van der Waals surface area contributed by atoms with Gasteiger partial charge < -0.3 is 5.32 Å². The molecule has 9 heteroatoms. The van der Waals surface area contributed by atoms with Gasteiger partial charge in [0.15, 0.2) is 0 Å². The summed E-state index contributed by atoms with van der Waals surface area (Å²) in [4.78, 5) is 9.44. The van der Waals surface area contributed by atoms with Crippen LogP contribution in [0.5, 0.6) is 0 Å². The smallest absolute Gasteiger partial charge is 0.124 e. The van der Waals surface area contributed by atoms with Crippen LogP contribution in [0.25, 0.3) is 33.7 Å². The van der Waals surface area contributed by atoms with Crippen LogP contribution in [0.15, 0.2) is 42.7 Å². The molecule has 1 N–H and O–H groups in total. The van der Waals surface area contributed by atoms with Gasteiger partial charge in [-0.05, 0) is 37.1 Å². The van der Waals surface area contributed by atoms with Crippen LogP contribution >= 0.6 is 0 Å². The SMILES string of the molecule is CNc1cc(-c2cc3ncccc3c(-c3ccn([C@]4(CC#N)C[C@H](C#N)C4)n3)n2)nn1C. The van der Waals surface area contributed by atoms with Crippen LogP contribution < -0.4 is 5.32 Å². The number of nitrogens with zero attached hydrogens (tertiary/aromatic N) is 8. The van der Waals surface area contributed by atoms with Crippen LogP contribution in [0.4, 0.5) is 5.82 Å². The summed E-state index contributed by atoms with van der Waals surface area (Å²) in [6.45, 7) is 0. The molecule has 4 aromatic rings. The zero-order chi connectivity index (χ0) is 22.3. The lowest BCUT2D eigenvalue weighted by atomic mass is 9.67. The van der Waals surface area contributed by atoms with E-state index >= 15 is 0 Å². The number of nitrogens with one attached hydrogen (secondary N) is 1. The molecular weight excluding hydrogens is 402 g/mol. The van der Waals surface area contributed by atoms with Crippen molar-refractivity contribution in [3.8, 4) is 34.9 Å². The number of aromatic nitrogens is 6. The Balaban J connectivity index is 1.62. The number of fused-ring (bicyclic) bond motifs is 1. The van der Waals surface area contributed by atoms with Crippen LogP contribution in [-0.2, 0) is 12.6 Å². The second-order valence-electron chi connectivity index (χ2n) is 8.15. The van der Waals surface area contributed by atoms with E-state index in [1.165, 1.54) is 0 Å². The lowest BCUT2D eigenvalue weighted by Gasteiger charge is -2.43. The maximum absolute atomic E-state index is 9.35. The monoisotopic (exact) mass is 423 g/mol. The zero-order valence-corrected chi connectivity index (χ0v) is 17.8. The number of rotatable bonds is 5. The zero-order valence-electron chi connectivity index (χ0n) is 17.8. The van der Waals surface area contributed by atoms with Gasteiger partial charge in [-0.1, -0.05) is 0 Å². The predicted octanol–water partition coefficient (Wildman–Crippen LogP) is 3.48. The van der Waals surface area contributed by atoms with E-state index in [-0.39, 0.29) is 5.92 Å². The fourth-order valence-electron chi connectivity index (χ4n) is 4.45. The summed E-state index contributed by atoms with van der Waals surface area (Å²) < 4.78 is 3.61. The first-order chi connectivity index (χ1) is 15.6. The molecule has 0 spiro atoms. The Morgan fingerprint density at radius 3 is 2.72 bits per heavy atom. The summed E-state index contributed by atoms with van der Waals surface area (Å²) in [5, 5.41) is 32.0. The number of pyridine rings is 2. The quantitative estimate of drug-likeness (QED) is 0.521. The fourth-order valence-corrected chi connectivity index (χ4v) is 4.45. The van der Waals surface area contributed by atoms with Crippen LogP contribution in [0.1, 0.15) is 19.3 Å². The molecule has 1 aliphatic carbocycles. The third-order valence-corrected chi connectivity index (χ3v) is 6.16. The maximum Gasteiger partial charge on any atom is 0.124 e. The van der Waals surface area contributed by atoms with Gasteiger partial charge in [0.2, 0.25) is 0 Å². The molecule has 4 aromatic heterocycles. The van der Waals surface area contributed by atoms with Crippen molar-refractivity contribution >= 4 is 16.7 Å². The van der Waals surface area contributed by atoms with E-state index in [9.17, 15) is 10.5 Å². The molecule has 0 unspecified atom stereocenters. The largest absolute Gasteiger partial charge is 0.373 e. The van der Waals surface area contributed by atoms with Gasteiger partial charge >= 0.3 is 0 Å². The van der Waals surface area contributed by atoms with Crippen molar-refractivity contribution in [2.75, 3.05) is 12.4 Å². The molecule has 1 saturated carbocycles.